The third-order valence-electron chi connectivity index (χ3n) is 4.43. The first-order valence-corrected chi connectivity index (χ1v) is 7.76. The summed E-state index contributed by atoms with van der Waals surface area (Å²) in [7, 11) is 0. The fourth-order valence-electron chi connectivity index (χ4n) is 3.00. The molecule has 1 aliphatic heterocycles. The number of amides is 1. The summed E-state index contributed by atoms with van der Waals surface area (Å²) < 4.78 is 52.1. The van der Waals surface area contributed by atoms with Crippen LogP contribution in [-0.4, -0.2) is 18.5 Å². The maximum absolute atomic E-state index is 14.2. The first kappa shape index (κ1) is 16.2. The van der Waals surface area contributed by atoms with Gasteiger partial charge in [0.05, 0.1) is 17.6 Å². The molecule has 0 aromatic heterocycles. The summed E-state index contributed by atoms with van der Waals surface area (Å²) in [5.41, 5.74) is -0.885. The zero-order valence-corrected chi connectivity index (χ0v) is 12.4. The molecule has 2 atom stereocenters. The molecule has 1 unspecified atom stereocenters. The molecule has 23 heavy (non-hydrogen) atoms. The Morgan fingerprint density at radius 2 is 2.00 bits per heavy atom. The molecule has 2 aliphatic rings. The molecule has 3 rings (SSSR count). The zero-order valence-electron chi connectivity index (χ0n) is 12.4. The van der Waals surface area contributed by atoms with Crippen LogP contribution < -0.4 is 10.6 Å². The molecule has 0 spiro atoms. The lowest BCUT2D eigenvalue weighted by Gasteiger charge is -2.22. The summed E-state index contributed by atoms with van der Waals surface area (Å²) >= 11 is 0. The summed E-state index contributed by atoms with van der Waals surface area (Å²) in [4.78, 5) is 12.2. The quantitative estimate of drug-likeness (QED) is 0.833. The van der Waals surface area contributed by atoms with Gasteiger partial charge in [-0.2, -0.15) is 13.2 Å². The Labute approximate surface area is 131 Å². The molecule has 0 bridgehead atoms. The zero-order chi connectivity index (χ0) is 16.6. The van der Waals surface area contributed by atoms with Gasteiger partial charge in [-0.25, -0.2) is 4.39 Å². The highest BCUT2D eigenvalue weighted by Crippen LogP contribution is 2.42. The van der Waals surface area contributed by atoms with Crippen molar-refractivity contribution in [3.05, 3.63) is 35.1 Å². The maximum atomic E-state index is 14.2. The molecule has 2 fully saturated rings. The lowest BCUT2D eigenvalue weighted by atomic mass is 9.99. The Bertz CT molecular complexity index is 592. The van der Waals surface area contributed by atoms with Crippen LogP contribution >= 0.6 is 0 Å². The van der Waals surface area contributed by atoms with Gasteiger partial charge in [-0.3, -0.25) is 4.79 Å². The van der Waals surface area contributed by atoms with Gasteiger partial charge in [-0.05, 0) is 50.3 Å². The molecule has 3 nitrogen and oxygen atoms in total. The van der Waals surface area contributed by atoms with Crippen LogP contribution in [0.3, 0.4) is 0 Å². The van der Waals surface area contributed by atoms with E-state index in [-0.39, 0.29) is 23.4 Å². The van der Waals surface area contributed by atoms with E-state index in [9.17, 15) is 22.4 Å². The fourth-order valence-corrected chi connectivity index (χ4v) is 3.00. The summed E-state index contributed by atoms with van der Waals surface area (Å²) in [5.74, 6) is -1.04. The Hall–Kier alpha value is -1.63. The predicted octanol–water partition coefficient (Wildman–Crippen LogP) is 3.16. The van der Waals surface area contributed by atoms with E-state index in [0.717, 1.165) is 44.4 Å². The average molecular weight is 330 g/mol. The standard InChI is InChI=1S/C16H18F4N2O/c17-12-8-10(16(18,19)20)5-6-11(12)14(9-3-4-9)22-15(23)13-2-1-7-21-13/h5-6,8-9,13-14,21H,1-4,7H2,(H,22,23)/t13?,14-/m1/s1. The smallest absolute Gasteiger partial charge is 0.348 e. The molecule has 0 radical (unpaired) electrons. The first-order valence-electron chi connectivity index (χ1n) is 7.76. The number of halogens is 4. The largest absolute Gasteiger partial charge is 0.416 e. The Kier molecular flexibility index (Phi) is 4.31. The lowest BCUT2D eigenvalue weighted by Crippen LogP contribution is -2.42. The molecular weight excluding hydrogens is 312 g/mol. The van der Waals surface area contributed by atoms with Crippen molar-refractivity contribution in [2.24, 2.45) is 5.92 Å². The number of benzene rings is 1. The van der Waals surface area contributed by atoms with Crippen molar-refractivity contribution in [3.8, 4) is 0 Å². The maximum Gasteiger partial charge on any atom is 0.416 e. The third kappa shape index (κ3) is 3.65. The fraction of sp³-hybridized carbons (Fsp3) is 0.562. The van der Waals surface area contributed by atoms with Crippen LogP contribution in [0.15, 0.2) is 18.2 Å². The summed E-state index contributed by atoms with van der Waals surface area (Å²) in [6.07, 6.45) is -1.28. The van der Waals surface area contributed by atoms with E-state index >= 15 is 0 Å². The number of hydrogen-bond acceptors (Lipinski definition) is 2. The molecule has 2 N–H and O–H groups in total. The summed E-state index contributed by atoms with van der Waals surface area (Å²) in [6.45, 7) is 0.765. The average Bonchev–Trinajstić information content (AvgIpc) is 3.17. The number of carbonyl (C=O) groups is 1. The van der Waals surface area contributed by atoms with Crippen LogP contribution in [0, 0.1) is 11.7 Å². The van der Waals surface area contributed by atoms with E-state index < -0.39 is 23.6 Å². The van der Waals surface area contributed by atoms with Gasteiger partial charge in [0.1, 0.15) is 5.82 Å². The molecular formula is C16H18F4N2O. The molecule has 1 saturated carbocycles. The van der Waals surface area contributed by atoms with Crippen molar-refractivity contribution in [2.75, 3.05) is 6.54 Å². The molecule has 126 valence electrons. The van der Waals surface area contributed by atoms with E-state index in [1.807, 2.05) is 0 Å². The SMILES string of the molecule is O=C(N[C@@H](c1ccc(C(F)(F)F)cc1F)C1CC1)C1CCCN1. The number of carbonyl (C=O) groups excluding carboxylic acids is 1. The Balaban J connectivity index is 1.79. The first-order chi connectivity index (χ1) is 10.9. The second kappa shape index (κ2) is 6.11. The van der Waals surface area contributed by atoms with Gasteiger partial charge in [0.25, 0.3) is 0 Å². The van der Waals surface area contributed by atoms with Gasteiger partial charge < -0.3 is 10.6 Å². The highest BCUT2D eigenvalue weighted by Gasteiger charge is 2.38. The van der Waals surface area contributed by atoms with Crippen LogP contribution in [0.1, 0.15) is 42.9 Å². The van der Waals surface area contributed by atoms with Gasteiger partial charge >= 0.3 is 6.18 Å². The number of hydrogen-bond donors (Lipinski definition) is 2. The molecule has 1 saturated heterocycles. The van der Waals surface area contributed by atoms with E-state index in [1.54, 1.807) is 0 Å². The van der Waals surface area contributed by atoms with Crippen LogP contribution in [-0.2, 0) is 11.0 Å². The lowest BCUT2D eigenvalue weighted by molar-refractivity contribution is -0.137. The summed E-state index contributed by atoms with van der Waals surface area (Å²) in [6, 6.07) is 1.66. The molecule has 1 aliphatic carbocycles. The topological polar surface area (TPSA) is 41.1 Å². The normalized spacial score (nSPS) is 22.9. The van der Waals surface area contributed by atoms with E-state index in [1.165, 1.54) is 0 Å². The van der Waals surface area contributed by atoms with Crippen molar-refractivity contribution >= 4 is 5.91 Å². The van der Waals surface area contributed by atoms with Crippen molar-refractivity contribution in [1.82, 2.24) is 10.6 Å². The minimum Gasteiger partial charge on any atom is -0.348 e. The monoisotopic (exact) mass is 330 g/mol. The van der Waals surface area contributed by atoms with Crippen molar-refractivity contribution in [2.45, 2.75) is 43.9 Å². The number of alkyl halides is 3. The van der Waals surface area contributed by atoms with E-state index in [0.29, 0.717) is 6.07 Å². The third-order valence-corrected chi connectivity index (χ3v) is 4.43. The highest BCUT2D eigenvalue weighted by atomic mass is 19.4. The Morgan fingerprint density at radius 3 is 2.52 bits per heavy atom. The van der Waals surface area contributed by atoms with Crippen LogP contribution in [0.25, 0.3) is 0 Å². The molecule has 1 aromatic carbocycles. The Morgan fingerprint density at radius 1 is 1.26 bits per heavy atom. The van der Waals surface area contributed by atoms with Gasteiger partial charge in [-0.1, -0.05) is 6.07 Å². The summed E-state index contributed by atoms with van der Waals surface area (Å²) in [5, 5.41) is 5.88. The van der Waals surface area contributed by atoms with E-state index in [4.69, 9.17) is 0 Å². The van der Waals surface area contributed by atoms with Crippen molar-refractivity contribution < 1.29 is 22.4 Å². The highest BCUT2D eigenvalue weighted by molar-refractivity contribution is 5.82. The second-order valence-corrected chi connectivity index (χ2v) is 6.21. The number of nitrogens with one attached hydrogen (secondary N) is 2. The second-order valence-electron chi connectivity index (χ2n) is 6.21. The minimum atomic E-state index is -4.58. The molecule has 1 aromatic rings. The molecule has 1 heterocycles. The van der Waals surface area contributed by atoms with Crippen LogP contribution in [0.5, 0.6) is 0 Å². The van der Waals surface area contributed by atoms with Gasteiger partial charge in [0.2, 0.25) is 5.91 Å². The minimum absolute atomic E-state index is 0.0894. The number of rotatable bonds is 4. The van der Waals surface area contributed by atoms with E-state index in [2.05, 4.69) is 10.6 Å². The molecule has 1 amide bonds. The van der Waals surface area contributed by atoms with Crippen LogP contribution in [0.2, 0.25) is 0 Å². The van der Waals surface area contributed by atoms with Crippen molar-refractivity contribution in [1.29, 1.82) is 0 Å². The van der Waals surface area contributed by atoms with Gasteiger partial charge in [-0.15, -0.1) is 0 Å². The van der Waals surface area contributed by atoms with Gasteiger partial charge in [0.15, 0.2) is 0 Å². The molecule has 7 heteroatoms. The predicted molar refractivity (Wildman–Crippen MR) is 76.0 cm³/mol. The van der Waals surface area contributed by atoms with Crippen LogP contribution in [0.4, 0.5) is 17.6 Å². The van der Waals surface area contributed by atoms with Gasteiger partial charge in [0, 0.05) is 5.56 Å². The van der Waals surface area contributed by atoms with Crippen molar-refractivity contribution in [3.63, 3.8) is 0 Å².